The summed E-state index contributed by atoms with van der Waals surface area (Å²) in [6, 6.07) is 5.11. The Morgan fingerprint density at radius 2 is 2.12 bits per heavy atom. The van der Waals surface area contributed by atoms with Crippen molar-refractivity contribution in [2.45, 2.75) is 12.5 Å². The van der Waals surface area contributed by atoms with Crippen molar-refractivity contribution in [2.75, 3.05) is 19.8 Å². The Bertz CT molecular complexity index is 747. The third kappa shape index (κ3) is 3.60. The molecule has 1 aromatic carbocycles. The van der Waals surface area contributed by atoms with Gasteiger partial charge < -0.3 is 14.7 Å². The van der Waals surface area contributed by atoms with Crippen molar-refractivity contribution in [1.82, 2.24) is 9.88 Å². The first-order chi connectivity index (χ1) is 11.5. The second-order valence-electron chi connectivity index (χ2n) is 5.35. The Labute approximate surface area is 141 Å². The molecule has 24 heavy (non-hydrogen) atoms. The molecule has 6 nitrogen and oxygen atoms in total. The molecule has 3 rings (SSSR count). The number of rotatable bonds is 4. The van der Waals surface area contributed by atoms with Gasteiger partial charge in [-0.25, -0.2) is 14.2 Å². The number of carbonyl (C=O) groups excluding carboxylic acids is 1. The minimum absolute atomic E-state index is 0.0116. The quantitative estimate of drug-likeness (QED) is 0.909. The van der Waals surface area contributed by atoms with Crippen molar-refractivity contribution < 1.29 is 23.8 Å². The first kappa shape index (κ1) is 16.5. The SMILES string of the molecule is O=C(O)[C@@H]1COCCN1C(=O)c1cnc(Cc2ccc(F)cc2)s1. The van der Waals surface area contributed by atoms with Gasteiger partial charge in [0.15, 0.2) is 6.04 Å². The van der Waals surface area contributed by atoms with E-state index in [0.717, 1.165) is 5.56 Å². The van der Waals surface area contributed by atoms with E-state index in [-0.39, 0.29) is 24.9 Å². The number of nitrogens with zero attached hydrogens (tertiary/aromatic N) is 2. The molecule has 1 aliphatic rings. The van der Waals surface area contributed by atoms with Crippen LogP contribution in [0.25, 0.3) is 0 Å². The molecule has 0 bridgehead atoms. The molecular formula is C16H15FN2O4S. The fourth-order valence-electron chi connectivity index (χ4n) is 2.46. The molecule has 1 aliphatic heterocycles. The predicted octanol–water partition coefficient (Wildman–Crippen LogP) is 1.80. The van der Waals surface area contributed by atoms with E-state index in [1.165, 1.54) is 34.6 Å². The summed E-state index contributed by atoms with van der Waals surface area (Å²) in [5, 5.41) is 9.92. The van der Waals surface area contributed by atoms with E-state index >= 15 is 0 Å². The second-order valence-corrected chi connectivity index (χ2v) is 6.46. The summed E-state index contributed by atoms with van der Waals surface area (Å²) in [5.74, 6) is -1.74. The molecule has 1 aromatic heterocycles. The van der Waals surface area contributed by atoms with Crippen LogP contribution in [-0.4, -0.2) is 52.7 Å². The molecule has 0 spiro atoms. The summed E-state index contributed by atoms with van der Waals surface area (Å²) in [6.07, 6.45) is 1.95. The highest BCUT2D eigenvalue weighted by atomic mass is 32.1. The van der Waals surface area contributed by atoms with E-state index in [1.807, 2.05) is 0 Å². The number of morpholine rings is 1. The van der Waals surface area contributed by atoms with E-state index in [0.29, 0.717) is 22.9 Å². The summed E-state index contributed by atoms with van der Waals surface area (Å²) < 4.78 is 18.1. The molecular weight excluding hydrogens is 335 g/mol. The zero-order chi connectivity index (χ0) is 17.1. The monoisotopic (exact) mass is 350 g/mol. The van der Waals surface area contributed by atoms with Crippen LogP contribution in [0.2, 0.25) is 0 Å². The lowest BCUT2D eigenvalue weighted by atomic mass is 10.2. The smallest absolute Gasteiger partial charge is 0.328 e. The van der Waals surface area contributed by atoms with E-state index in [1.54, 1.807) is 12.1 Å². The number of thiazole rings is 1. The molecule has 2 heterocycles. The fraction of sp³-hybridized carbons (Fsp3) is 0.312. The molecule has 8 heteroatoms. The molecule has 0 radical (unpaired) electrons. The third-order valence-electron chi connectivity index (χ3n) is 3.71. The predicted molar refractivity (Wildman–Crippen MR) is 84.6 cm³/mol. The van der Waals surface area contributed by atoms with Crippen LogP contribution in [0, 0.1) is 5.82 Å². The summed E-state index contributed by atoms with van der Waals surface area (Å²) in [4.78, 5) is 29.7. The van der Waals surface area contributed by atoms with Crippen molar-refractivity contribution >= 4 is 23.2 Å². The summed E-state index contributed by atoms with van der Waals surface area (Å²) in [6.45, 7) is 0.542. The van der Waals surface area contributed by atoms with Gasteiger partial charge in [-0.05, 0) is 17.7 Å². The molecule has 0 saturated carbocycles. The molecule has 126 valence electrons. The van der Waals surface area contributed by atoms with Gasteiger partial charge in [-0.1, -0.05) is 12.1 Å². The number of benzene rings is 1. The number of hydrogen-bond acceptors (Lipinski definition) is 5. The lowest BCUT2D eigenvalue weighted by Gasteiger charge is -2.32. The minimum atomic E-state index is -1.08. The van der Waals surface area contributed by atoms with Crippen LogP contribution in [0.5, 0.6) is 0 Å². The maximum Gasteiger partial charge on any atom is 0.328 e. The van der Waals surface area contributed by atoms with Crippen LogP contribution in [0.3, 0.4) is 0 Å². The van der Waals surface area contributed by atoms with Crippen molar-refractivity contribution in [3.8, 4) is 0 Å². The highest BCUT2D eigenvalue weighted by molar-refractivity contribution is 7.13. The van der Waals surface area contributed by atoms with Gasteiger partial charge in [-0.15, -0.1) is 11.3 Å². The third-order valence-corrected chi connectivity index (χ3v) is 4.69. The van der Waals surface area contributed by atoms with Gasteiger partial charge in [0.05, 0.1) is 24.4 Å². The number of aliphatic carboxylic acids is 1. The van der Waals surface area contributed by atoms with Gasteiger partial charge in [0, 0.05) is 13.0 Å². The maximum absolute atomic E-state index is 12.9. The number of aromatic nitrogens is 1. The summed E-state index contributed by atoms with van der Waals surface area (Å²) in [5.41, 5.74) is 0.888. The zero-order valence-electron chi connectivity index (χ0n) is 12.6. The first-order valence-corrected chi connectivity index (χ1v) is 8.17. The van der Waals surface area contributed by atoms with Crippen LogP contribution in [-0.2, 0) is 16.0 Å². The van der Waals surface area contributed by atoms with Crippen molar-refractivity contribution in [3.05, 3.63) is 51.7 Å². The summed E-state index contributed by atoms with van der Waals surface area (Å²) in [7, 11) is 0. The second kappa shape index (κ2) is 7.06. The normalized spacial score (nSPS) is 17.7. The Hall–Kier alpha value is -2.32. The average molecular weight is 350 g/mol. The first-order valence-electron chi connectivity index (χ1n) is 7.35. The lowest BCUT2D eigenvalue weighted by Crippen LogP contribution is -2.52. The Morgan fingerprint density at radius 3 is 2.83 bits per heavy atom. The highest BCUT2D eigenvalue weighted by Gasteiger charge is 2.34. The number of ether oxygens (including phenoxy) is 1. The number of amides is 1. The number of carboxylic acids is 1. The molecule has 2 aromatic rings. The Kier molecular flexibility index (Phi) is 4.86. The van der Waals surface area contributed by atoms with E-state index in [9.17, 15) is 19.1 Å². The number of halogens is 1. The van der Waals surface area contributed by atoms with Crippen molar-refractivity contribution in [2.24, 2.45) is 0 Å². The standard InChI is InChI=1S/C16H15FN2O4S/c17-11-3-1-10(2-4-11)7-14-18-8-13(24-14)15(20)19-5-6-23-9-12(19)16(21)22/h1-4,8,12H,5-7,9H2,(H,21,22)/t12-/m0/s1. The number of carboxylic acid groups (broad SMARTS) is 1. The molecule has 1 amide bonds. The lowest BCUT2D eigenvalue weighted by molar-refractivity contribution is -0.147. The minimum Gasteiger partial charge on any atom is -0.480 e. The van der Waals surface area contributed by atoms with Crippen molar-refractivity contribution in [1.29, 1.82) is 0 Å². The van der Waals surface area contributed by atoms with Gasteiger partial charge in [-0.2, -0.15) is 0 Å². The Morgan fingerprint density at radius 1 is 1.38 bits per heavy atom. The summed E-state index contributed by atoms with van der Waals surface area (Å²) >= 11 is 1.22. The van der Waals surface area contributed by atoms with Gasteiger partial charge in [-0.3, -0.25) is 4.79 Å². The van der Waals surface area contributed by atoms with Crippen LogP contribution in [0.15, 0.2) is 30.5 Å². The molecule has 1 saturated heterocycles. The highest BCUT2D eigenvalue weighted by Crippen LogP contribution is 2.21. The van der Waals surface area contributed by atoms with E-state index in [4.69, 9.17) is 4.74 Å². The van der Waals surface area contributed by atoms with Gasteiger partial charge in [0.25, 0.3) is 5.91 Å². The van der Waals surface area contributed by atoms with E-state index < -0.39 is 12.0 Å². The fourth-order valence-corrected chi connectivity index (χ4v) is 3.37. The molecule has 0 unspecified atom stereocenters. The Balaban J connectivity index is 1.73. The molecule has 0 aliphatic carbocycles. The van der Waals surface area contributed by atoms with Crippen LogP contribution in [0.1, 0.15) is 20.2 Å². The molecule has 1 N–H and O–H groups in total. The van der Waals surface area contributed by atoms with Gasteiger partial charge >= 0.3 is 5.97 Å². The van der Waals surface area contributed by atoms with E-state index in [2.05, 4.69) is 4.98 Å². The van der Waals surface area contributed by atoms with Crippen molar-refractivity contribution in [3.63, 3.8) is 0 Å². The molecule has 1 fully saturated rings. The van der Waals surface area contributed by atoms with Crippen LogP contribution in [0.4, 0.5) is 4.39 Å². The largest absolute Gasteiger partial charge is 0.480 e. The topological polar surface area (TPSA) is 79.7 Å². The van der Waals surface area contributed by atoms with Crippen LogP contribution < -0.4 is 0 Å². The molecule has 1 atom stereocenters. The average Bonchev–Trinajstić information content (AvgIpc) is 3.05. The number of hydrogen-bond donors (Lipinski definition) is 1. The van der Waals surface area contributed by atoms with Gasteiger partial charge in [0.2, 0.25) is 0 Å². The maximum atomic E-state index is 12.9. The van der Waals surface area contributed by atoms with Crippen LogP contribution >= 0.6 is 11.3 Å². The number of carbonyl (C=O) groups is 2. The van der Waals surface area contributed by atoms with Gasteiger partial charge in [0.1, 0.15) is 10.7 Å². The zero-order valence-corrected chi connectivity index (χ0v) is 13.5.